The quantitative estimate of drug-likeness (QED) is 0.638. The molecule has 1 spiro atoms. The van der Waals surface area contributed by atoms with E-state index in [0.29, 0.717) is 17.7 Å². The van der Waals surface area contributed by atoms with Crippen LogP contribution in [0.3, 0.4) is 0 Å². The minimum absolute atomic E-state index is 0.0555. The van der Waals surface area contributed by atoms with E-state index in [4.69, 9.17) is 0 Å². The molecule has 138 valence electrons. The molecule has 2 atom stereocenters. The third-order valence-corrected chi connectivity index (χ3v) is 5.38. The first kappa shape index (κ1) is 18.1. The van der Waals surface area contributed by atoms with Crippen molar-refractivity contribution in [3.8, 4) is 0 Å². The van der Waals surface area contributed by atoms with Crippen molar-refractivity contribution in [1.82, 2.24) is 10.2 Å². The molecule has 4 amide bonds. The normalized spacial score (nSPS) is 25.3. The van der Waals surface area contributed by atoms with Gasteiger partial charge in [0.05, 0.1) is 0 Å². The first-order chi connectivity index (χ1) is 12.3. The third-order valence-electron chi connectivity index (χ3n) is 5.38. The Labute approximate surface area is 152 Å². The van der Waals surface area contributed by atoms with E-state index in [0.717, 1.165) is 24.2 Å². The number of amides is 4. The maximum absolute atomic E-state index is 12.8. The topological polar surface area (TPSA) is 95.6 Å². The molecule has 1 aliphatic heterocycles. The van der Waals surface area contributed by atoms with Gasteiger partial charge < -0.3 is 10.6 Å². The second-order valence-corrected chi connectivity index (χ2v) is 7.12. The van der Waals surface area contributed by atoms with Crippen LogP contribution in [0.2, 0.25) is 0 Å². The zero-order valence-corrected chi connectivity index (χ0v) is 15.0. The molecule has 26 heavy (non-hydrogen) atoms. The van der Waals surface area contributed by atoms with Crippen LogP contribution in [0.5, 0.6) is 0 Å². The Morgan fingerprint density at radius 2 is 1.92 bits per heavy atom. The van der Waals surface area contributed by atoms with Crippen molar-refractivity contribution in [3.63, 3.8) is 0 Å². The average Bonchev–Trinajstić information content (AvgIpc) is 2.83. The van der Waals surface area contributed by atoms with E-state index in [1.54, 1.807) is 24.3 Å². The number of imide groups is 1. The van der Waals surface area contributed by atoms with E-state index in [-0.39, 0.29) is 24.2 Å². The lowest BCUT2D eigenvalue weighted by Gasteiger charge is -2.36. The van der Waals surface area contributed by atoms with Crippen LogP contribution in [0.4, 0.5) is 10.5 Å². The van der Waals surface area contributed by atoms with Gasteiger partial charge in [0.2, 0.25) is 5.91 Å². The number of rotatable bonds is 4. The smallest absolute Gasteiger partial charge is 0.325 e. The molecule has 1 aromatic carbocycles. The number of anilines is 1. The number of nitrogens with zero attached hydrogens (tertiary/aromatic N) is 1. The molecule has 1 aliphatic carbocycles. The Balaban J connectivity index is 1.66. The summed E-state index contributed by atoms with van der Waals surface area (Å²) in [4.78, 5) is 49.7. The van der Waals surface area contributed by atoms with Crippen molar-refractivity contribution in [2.75, 3.05) is 11.9 Å². The molecule has 1 aromatic rings. The summed E-state index contributed by atoms with van der Waals surface area (Å²) in [7, 11) is 0. The van der Waals surface area contributed by atoms with Gasteiger partial charge in [-0.1, -0.05) is 19.8 Å². The SMILES string of the molecule is CC(=O)c1ccc(NC(=O)CN2C(=O)N[C@@]3(CCCC[C@H]3C)C2=O)cc1. The van der Waals surface area contributed by atoms with Crippen molar-refractivity contribution in [2.24, 2.45) is 5.92 Å². The number of carbonyl (C=O) groups is 4. The van der Waals surface area contributed by atoms with E-state index < -0.39 is 17.5 Å². The Morgan fingerprint density at radius 3 is 2.54 bits per heavy atom. The Bertz CT molecular complexity index is 759. The number of ketones is 1. The second-order valence-electron chi connectivity index (χ2n) is 7.12. The number of nitrogens with one attached hydrogen (secondary N) is 2. The Hall–Kier alpha value is -2.70. The van der Waals surface area contributed by atoms with Gasteiger partial charge in [0.15, 0.2) is 5.78 Å². The van der Waals surface area contributed by atoms with Gasteiger partial charge in [0.25, 0.3) is 5.91 Å². The van der Waals surface area contributed by atoms with Crippen molar-refractivity contribution in [2.45, 2.75) is 45.1 Å². The van der Waals surface area contributed by atoms with Gasteiger partial charge in [0.1, 0.15) is 12.1 Å². The predicted octanol–water partition coefficient (Wildman–Crippen LogP) is 2.33. The molecule has 0 radical (unpaired) electrons. The molecule has 3 rings (SSSR count). The van der Waals surface area contributed by atoms with Gasteiger partial charge >= 0.3 is 6.03 Å². The summed E-state index contributed by atoms with van der Waals surface area (Å²) < 4.78 is 0. The van der Waals surface area contributed by atoms with Crippen molar-refractivity contribution < 1.29 is 19.2 Å². The van der Waals surface area contributed by atoms with Crippen LogP contribution in [0.15, 0.2) is 24.3 Å². The number of carbonyl (C=O) groups excluding carboxylic acids is 4. The van der Waals surface area contributed by atoms with Gasteiger partial charge in [-0.15, -0.1) is 0 Å². The first-order valence-electron chi connectivity index (χ1n) is 8.88. The number of hydrogen-bond donors (Lipinski definition) is 2. The summed E-state index contributed by atoms with van der Waals surface area (Å²) in [6.07, 6.45) is 3.43. The maximum Gasteiger partial charge on any atom is 0.325 e. The highest BCUT2D eigenvalue weighted by Gasteiger charge is 2.55. The first-order valence-corrected chi connectivity index (χ1v) is 8.88. The van der Waals surface area contributed by atoms with E-state index in [1.807, 2.05) is 6.92 Å². The van der Waals surface area contributed by atoms with Gasteiger partial charge in [-0.2, -0.15) is 0 Å². The lowest BCUT2D eigenvalue weighted by Crippen LogP contribution is -2.54. The fraction of sp³-hybridized carbons (Fsp3) is 0.474. The predicted molar refractivity (Wildman–Crippen MR) is 95.7 cm³/mol. The number of benzene rings is 1. The minimum atomic E-state index is -0.862. The average molecular weight is 357 g/mol. The summed E-state index contributed by atoms with van der Waals surface area (Å²) in [6.45, 7) is 3.11. The maximum atomic E-state index is 12.8. The molecule has 7 heteroatoms. The number of Topliss-reactive ketones (excluding diaryl/α,β-unsaturated/α-hetero) is 1. The molecular formula is C19H23N3O4. The second kappa shape index (κ2) is 6.90. The molecule has 0 aromatic heterocycles. The van der Waals surface area contributed by atoms with Crippen LogP contribution in [0.1, 0.15) is 49.9 Å². The van der Waals surface area contributed by atoms with E-state index in [9.17, 15) is 19.2 Å². The van der Waals surface area contributed by atoms with Gasteiger partial charge in [-0.05, 0) is 49.9 Å². The lowest BCUT2D eigenvalue weighted by atomic mass is 9.73. The van der Waals surface area contributed by atoms with Crippen LogP contribution >= 0.6 is 0 Å². The summed E-state index contributed by atoms with van der Waals surface area (Å²) >= 11 is 0. The highest BCUT2D eigenvalue weighted by molar-refractivity contribution is 6.10. The molecule has 2 N–H and O–H groups in total. The minimum Gasteiger partial charge on any atom is -0.325 e. The molecular weight excluding hydrogens is 334 g/mol. The van der Waals surface area contributed by atoms with Gasteiger partial charge in [-0.25, -0.2) is 4.79 Å². The summed E-state index contributed by atoms with van der Waals surface area (Å²) in [5, 5.41) is 5.48. The highest BCUT2D eigenvalue weighted by atomic mass is 16.2. The molecule has 1 saturated carbocycles. The van der Waals surface area contributed by atoms with Crippen molar-refractivity contribution in [3.05, 3.63) is 29.8 Å². The third kappa shape index (κ3) is 3.21. The van der Waals surface area contributed by atoms with E-state index in [1.165, 1.54) is 6.92 Å². The lowest BCUT2D eigenvalue weighted by molar-refractivity contribution is -0.136. The summed E-state index contributed by atoms with van der Waals surface area (Å²) in [5.74, 6) is -0.768. The molecule has 0 bridgehead atoms. The fourth-order valence-corrected chi connectivity index (χ4v) is 3.77. The fourth-order valence-electron chi connectivity index (χ4n) is 3.77. The van der Waals surface area contributed by atoms with Crippen LogP contribution in [0, 0.1) is 5.92 Å². The van der Waals surface area contributed by atoms with Gasteiger partial charge in [-0.3, -0.25) is 19.3 Å². The van der Waals surface area contributed by atoms with Crippen LogP contribution in [0.25, 0.3) is 0 Å². The number of urea groups is 1. The molecule has 0 unspecified atom stereocenters. The standard InChI is InChI=1S/C19H23N3O4/c1-12-5-3-4-10-19(12)17(25)22(18(26)21-19)11-16(24)20-15-8-6-14(7-9-15)13(2)23/h6-9,12H,3-5,10-11H2,1-2H3,(H,20,24)(H,21,26)/t12-,19-/m1/s1. The van der Waals surface area contributed by atoms with Gasteiger partial charge in [0, 0.05) is 11.3 Å². The zero-order chi connectivity index (χ0) is 18.9. The number of hydrogen-bond acceptors (Lipinski definition) is 4. The monoisotopic (exact) mass is 357 g/mol. The molecule has 2 fully saturated rings. The van der Waals surface area contributed by atoms with E-state index in [2.05, 4.69) is 10.6 Å². The molecule has 1 heterocycles. The van der Waals surface area contributed by atoms with Crippen LogP contribution < -0.4 is 10.6 Å². The van der Waals surface area contributed by atoms with Crippen LogP contribution in [-0.4, -0.2) is 40.6 Å². The summed E-state index contributed by atoms with van der Waals surface area (Å²) in [6, 6.07) is 5.95. The van der Waals surface area contributed by atoms with E-state index >= 15 is 0 Å². The Kier molecular flexibility index (Phi) is 4.80. The Morgan fingerprint density at radius 1 is 1.23 bits per heavy atom. The molecule has 2 aliphatic rings. The van der Waals surface area contributed by atoms with Crippen molar-refractivity contribution >= 4 is 29.3 Å². The highest BCUT2D eigenvalue weighted by Crippen LogP contribution is 2.38. The summed E-state index contributed by atoms with van der Waals surface area (Å²) in [5.41, 5.74) is 0.191. The zero-order valence-electron chi connectivity index (χ0n) is 15.0. The largest absolute Gasteiger partial charge is 0.325 e. The van der Waals surface area contributed by atoms with Crippen LogP contribution in [-0.2, 0) is 9.59 Å². The molecule has 1 saturated heterocycles. The van der Waals surface area contributed by atoms with Crippen molar-refractivity contribution in [1.29, 1.82) is 0 Å². The molecule has 7 nitrogen and oxygen atoms in total.